The molecule has 0 aliphatic carbocycles. The van der Waals surface area contributed by atoms with E-state index >= 15 is 0 Å². The van der Waals surface area contributed by atoms with Crippen molar-refractivity contribution < 1.29 is 0 Å². The Labute approximate surface area is 89.5 Å². The maximum absolute atomic E-state index is 11.5. The molecule has 0 amide bonds. The molecule has 0 spiro atoms. The van der Waals surface area contributed by atoms with Gasteiger partial charge in [-0.25, -0.2) is 4.98 Å². The van der Waals surface area contributed by atoms with Crippen LogP contribution < -0.4 is 5.56 Å². The summed E-state index contributed by atoms with van der Waals surface area (Å²) in [5, 5.41) is 1.68. The first-order valence-corrected chi connectivity index (χ1v) is 5.54. The van der Waals surface area contributed by atoms with E-state index in [0.717, 1.165) is 0 Å². The van der Waals surface area contributed by atoms with Crippen molar-refractivity contribution in [2.24, 2.45) is 0 Å². The van der Waals surface area contributed by atoms with Gasteiger partial charge in [0.25, 0.3) is 5.56 Å². The van der Waals surface area contributed by atoms with Gasteiger partial charge in [-0.2, -0.15) is 0 Å². The Bertz CT molecular complexity index is 538. The van der Waals surface area contributed by atoms with Crippen molar-refractivity contribution in [3.63, 3.8) is 0 Å². The smallest absolute Gasteiger partial charge is 0.259 e. The highest BCUT2D eigenvalue weighted by Crippen LogP contribution is 2.16. The zero-order chi connectivity index (χ0) is 10.1. The van der Waals surface area contributed by atoms with E-state index in [1.54, 1.807) is 18.2 Å². The van der Waals surface area contributed by atoms with E-state index in [1.807, 2.05) is 6.26 Å². The van der Waals surface area contributed by atoms with E-state index in [0.29, 0.717) is 21.1 Å². The van der Waals surface area contributed by atoms with Crippen molar-refractivity contribution in [3.05, 3.63) is 33.6 Å². The Morgan fingerprint density at radius 3 is 3.00 bits per heavy atom. The summed E-state index contributed by atoms with van der Waals surface area (Å²) in [6.07, 6.45) is 1.86. The Morgan fingerprint density at radius 1 is 1.50 bits per heavy atom. The molecule has 2 aromatic rings. The summed E-state index contributed by atoms with van der Waals surface area (Å²) in [7, 11) is 0. The number of aromatic nitrogens is 2. The van der Waals surface area contributed by atoms with Crippen LogP contribution in [-0.2, 0) is 0 Å². The SMILES string of the molecule is CSc1nc2ccc(Cl)cc2c(=O)[nH]1. The van der Waals surface area contributed by atoms with Gasteiger partial charge >= 0.3 is 0 Å². The minimum Gasteiger partial charge on any atom is -0.301 e. The molecular formula is C9H7ClN2OS. The third-order valence-electron chi connectivity index (χ3n) is 1.84. The molecule has 0 bridgehead atoms. The molecule has 0 aliphatic heterocycles. The van der Waals surface area contributed by atoms with Crippen LogP contribution in [0.25, 0.3) is 10.9 Å². The van der Waals surface area contributed by atoms with Crippen LogP contribution in [0.4, 0.5) is 0 Å². The number of hydrogen-bond donors (Lipinski definition) is 1. The van der Waals surface area contributed by atoms with Crippen LogP contribution in [0.2, 0.25) is 5.02 Å². The first-order valence-electron chi connectivity index (χ1n) is 3.94. The van der Waals surface area contributed by atoms with Gasteiger partial charge in [0.15, 0.2) is 5.16 Å². The van der Waals surface area contributed by atoms with E-state index < -0.39 is 0 Å². The molecule has 1 aromatic heterocycles. The number of rotatable bonds is 1. The van der Waals surface area contributed by atoms with Gasteiger partial charge < -0.3 is 4.98 Å². The van der Waals surface area contributed by atoms with E-state index in [-0.39, 0.29) is 5.56 Å². The number of fused-ring (bicyclic) bond motifs is 1. The summed E-state index contributed by atoms with van der Waals surface area (Å²) >= 11 is 7.18. The molecule has 1 N–H and O–H groups in total. The topological polar surface area (TPSA) is 45.8 Å². The number of benzene rings is 1. The van der Waals surface area contributed by atoms with Crippen LogP contribution in [0.3, 0.4) is 0 Å². The van der Waals surface area contributed by atoms with Gasteiger partial charge in [-0.1, -0.05) is 23.4 Å². The van der Waals surface area contributed by atoms with Gasteiger partial charge in [0.1, 0.15) is 0 Å². The van der Waals surface area contributed by atoms with E-state index in [1.165, 1.54) is 11.8 Å². The Hall–Kier alpha value is -1.00. The standard InChI is InChI=1S/C9H7ClN2OS/c1-14-9-11-7-3-2-5(10)4-6(7)8(13)12-9/h2-4H,1H3,(H,11,12,13). The van der Waals surface area contributed by atoms with Crippen molar-refractivity contribution in [1.29, 1.82) is 0 Å². The average Bonchev–Trinajstić information content (AvgIpc) is 2.19. The largest absolute Gasteiger partial charge is 0.301 e. The molecule has 5 heteroatoms. The van der Waals surface area contributed by atoms with Crippen molar-refractivity contribution >= 4 is 34.3 Å². The molecular weight excluding hydrogens is 220 g/mol. The molecule has 72 valence electrons. The quantitative estimate of drug-likeness (QED) is 0.600. The van der Waals surface area contributed by atoms with Crippen LogP contribution in [0.5, 0.6) is 0 Å². The molecule has 0 saturated carbocycles. The molecule has 14 heavy (non-hydrogen) atoms. The molecule has 0 unspecified atom stereocenters. The van der Waals surface area contributed by atoms with Gasteiger partial charge in [-0.05, 0) is 24.5 Å². The number of thioether (sulfide) groups is 1. The number of aromatic amines is 1. The van der Waals surface area contributed by atoms with Crippen LogP contribution in [0.1, 0.15) is 0 Å². The predicted octanol–water partition coefficient (Wildman–Crippen LogP) is 2.30. The summed E-state index contributed by atoms with van der Waals surface area (Å²) in [5.74, 6) is 0. The highest BCUT2D eigenvalue weighted by molar-refractivity contribution is 7.98. The third-order valence-corrected chi connectivity index (χ3v) is 2.65. The lowest BCUT2D eigenvalue weighted by Crippen LogP contribution is -2.08. The molecule has 3 nitrogen and oxygen atoms in total. The van der Waals surface area contributed by atoms with Crippen LogP contribution in [0.15, 0.2) is 28.2 Å². The average molecular weight is 227 g/mol. The van der Waals surface area contributed by atoms with Gasteiger partial charge in [-0.15, -0.1) is 0 Å². The molecule has 1 aromatic carbocycles. The van der Waals surface area contributed by atoms with Gasteiger partial charge in [0.05, 0.1) is 10.9 Å². The lowest BCUT2D eigenvalue weighted by Gasteiger charge is -1.99. The lowest BCUT2D eigenvalue weighted by molar-refractivity contribution is 0.978. The first kappa shape index (κ1) is 9.55. The second-order valence-corrected chi connectivity index (χ2v) is 3.97. The summed E-state index contributed by atoms with van der Waals surface area (Å²) in [6.45, 7) is 0. The molecule has 0 radical (unpaired) electrons. The Kier molecular flexibility index (Phi) is 2.48. The third kappa shape index (κ3) is 1.63. The Morgan fingerprint density at radius 2 is 2.29 bits per heavy atom. The van der Waals surface area contributed by atoms with Crippen LogP contribution >= 0.6 is 23.4 Å². The van der Waals surface area contributed by atoms with Gasteiger partial charge in [-0.3, -0.25) is 4.79 Å². The van der Waals surface area contributed by atoms with Crippen LogP contribution in [0, 0.1) is 0 Å². The van der Waals surface area contributed by atoms with Crippen molar-refractivity contribution in [1.82, 2.24) is 9.97 Å². The normalized spacial score (nSPS) is 10.7. The Balaban J connectivity index is 2.83. The maximum Gasteiger partial charge on any atom is 0.259 e. The monoisotopic (exact) mass is 226 g/mol. The summed E-state index contributed by atoms with van der Waals surface area (Å²) in [5.41, 5.74) is 0.518. The zero-order valence-electron chi connectivity index (χ0n) is 7.37. The fourth-order valence-corrected chi connectivity index (χ4v) is 1.74. The highest BCUT2D eigenvalue weighted by atomic mass is 35.5. The summed E-state index contributed by atoms with van der Waals surface area (Å²) < 4.78 is 0. The highest BCUT2D eigenvalue weighted by Gasteiger charge is 2.02. The maximum atomic E-state index is 11.5. The van der Waals surface area contributed by atoms with Crippen LogP contribution in [-0.4, -0.2) is 16.2 Å². The van der Waals surface area contributed by atoms with Gasteiger partial charge in [0.2, 0.25) is 0 Å². The number of nitrogens with one attached hydrogen (secondary N) is 1. The van der Waals surface area contributed by atoms with Gasteiger partial charge in [0, 0.05) is 5.02 Å². The molecule has 0 fully saturated rings. The predicted molar refractivity (Wildman–Crippen MR) is 59.2 cm³/mol. The minimum absolute atomic E-state index is 0.151. The molecule has 0 atom stereocenters. The lowest BCUT2D eigenvalue weighted by atomic mass is 10.2. The van der Waals surface area contributed by atoms with E-state index in [9.17, 15) is 4.79 Å². The summed E-state index contributed by atoms with van der Waals surface area (Å²) in [6, 6.07) is 5.08. The fraction of sp³-hybridized carbons (Fsp3) is 0.111. The fourth-order valence-electron chi connectivity index (χ4n) is 1.19. The van der Waals surface area contributed by atoms with Crippen molar-refractivity contribution in [2.45, 2.75) is 5.16 Å². The summed E-state index contributed by atoms with van der Waals surface area (Å²) in [4.78, 5) is 18.5. The van der Waals surface area contributed by atoms with Crippen molar-refractivity contribution in [3.8, 4) is 0 Å². The zero-order valence-corrected chi connectivity index (χ0v) is 8.95. The number of halogens is 1. The second kappa shape index (κ2) is 3.63. The van der Waals surface area contributed by atoms with E-state index in [4.69, 9.17) is 11.6 Å². The molecule has 0 saturated heterocycles. The van der Waals surface area contributed by atoms with E-state index in [2.05, 4.69) is 9.97 Å². The molecule has 1 heterocycles. The minimum atomic E-state index is -0.151. The number of nitrogens with zero attached hydrogens (tertiary/aromatic N) is 1. The van der Waals surface area contributed by atoms with Crippen molar-refractivity contribution in [2.75, 3.05) is 6.26 Å². The number of hydrogen-bond acceptors (Lipinski definition) is 3. The number of H-pyrrole nitrogens is 1. The first-order chi connectivity index (χ1) is 6.70. The molecule has 2 rings (SSSR count). The molecule has 0 aliphatic rings. The second-order valence-electron chi connectivity index (χ2n) is 2.74.